The van der Waals surface area contributed by atoms with Gasteiger partial charge in [0.25, 0.3) is 5.56 Å². The van der Waals surface area contributed by atoms with Gasteiger partial charge in [-0.25, -0.2) is 15.0 Å². The lowest BCUT2D eigenvalue weighted by molar-refractivity contribution is -0.143. The van der Waals surface area contributed by atoms with Crippen LogP contribution in [0.5, 0.6) is 0 Å². The second-order valence-corrected chi connectivity index (χ2v) is 7.25. The molecule has 0 atom stereocenters. The van der Waals surface area contributed by atoms with Crippen molar-refractivity contribution in [2.24, 2.45) is 0 Å². The van der Waals surface area contributed by atoms with Crippen LogP contribution in [0.2, 0.25) is 0 Å². The lowest BCUT2D eigenvalue weighted by Gasteiger charge is -2.28. The smallest absolute Gasteiger partial charge is 0.306 e. The quantitative estimate of drug-likeness (QED) is 0.520. The number of anilines is 1. The number of esters is 1. The summed E-state index contributed by atoms with van der Waals surface area (Å²) in [5.41, 5.74) is 1.99. The Hall–Kier alpha value is -3.59. The molecule has 0 unspecified atom stereocenters. The van der Waals surface area contributed by atoms with Crippen LogP contribution in [0, 0.1) is 0 Å². The largest absolute Gasteiger partial charge is 0.466 e. The number of benzene rings is 1. The average molecular weight is 435 g/mol. The highest BCUT2D eigenvalue weighted by Gasteiger charge is 2.19. The third kappa shape index (κ3) is 5.00. The molecule has 1 fully saturated rings. The van der Waals surface area contributed by atoms with Gasteiger partial charge in [-0.1, -0.05) is 0 Å². The van der Waals surface area contributed by atoms with Gasteiger partial charge in [-0.3, -0.25) is 14.2 Å². The molecular weight excluding hydrogens is 410 g/mol. The second-order valence-electron chi connectivity index (χ2n) is 7.25. The van der Waals surface area contributed by atoms with Gasteiger partial charge < -0.3 is 14.4 Å². The van der Waals surface area contributed by atoms with Crippen LogP contribution in [0.15, 0.2) is 53.7 Å². The summed E-state index contributed by atoms with van der Waals surface area (Å²) in [7, 11) is 0. The van der Waals surface area contributed by atoms with E-state index in [0.717, 1.165) is 5.56 Å². The van der Waals surface area contributed by atoms with Gasteiger partial charge in [0.2, 0.25) is 0 Å². The van der Waals surface area contributed by atoms with Gasteiger partial charge in [0.15, 0.2) is 11.6 Å². The summed E-state index contributed by atoms with van der Waals surface area (Å²) in [6.07, 6.45) is 5.65. The molecule has 0 spiro atoms. The third-order valence-corrected chi connectivity index (χ3v) is 5.11. The molecule has 3 aromatic rings. The predicted octanol–water partition coefficient (Wildman–Crippen LogP) is 2.02. The Bertz CT molecular complexity index is 1110. The third-order valence-electron chi connectivity index (χ3n) is 5.11. The molecule has 0 N–H and O–H groups in total. The van der Waals surface area contributed by atoms with Crippen LogP contribution >= 0.6 is 0 Å². The number of nitrogens with zero attached hydrogens (tertiary/aromatic N) is 5. The van der Waals surface area contributed by atoms with E-state index in [4.69, 9.17) is 9.47 Å². The number of carbonyl (C=O) groups excluding carboxylic acids is 1. The van der Waals surface area contributed by atoms with E-state index in [0.29, 0.717) is 62.4 Å². The van der Waals surface area contributed by atoms with Gasteiger partial charge in [-0.15, -0.1) is 0 Å². The lowest BCUT2D eigenvalue weighted by atomic mass is 10.2. The fraction of sp³-hybridized carbons (Fsp3) is 0.348. The van der Waals surface area contributed by atoms with Gasteiger partial charge in [0.1, 0.15) is 0 Å². The summed E-state index contributed by atoms with van der Waals surface area (Å²) in [5, 5.41) is 0. The van der Waals surface area contributed by atoms with E-state index in [-0.39, 0.29) is 17.9 Å². The Morgan fingerprint density at radius 2 is 1.84 bits per heavy atom. The van der Waals surface area contributed by atoms with Crippen LogP contribution in [0.1, 0.15) is 19.0 Å². The second kappa shape index (κ2) is 10.1. The zero-order valence-electron chi connectivity index (χ0n) is 17.9. The molecule has 0 bridgehead atoms. The van der Waals surface area contributed by atoms with Crippen LogP contribution in [0.3, 0.4) is 0 Å². The van der Waals surface area contributed by atoms with Crippen molar-refractivity contribution in [2.45, 2.75) is 19.8 Å². The molecule has 0 radical (unpaired) electrons. The molecule has 2 aromatic heterocycles. The first-order valence-corrected chi connectivity index (χ1v) is 10.6. The van der Waals surface area contributed by atoms with Crippen LogP contribution in [0.4, 0.5) is 5.82 Å². The molecule has 32 heavy (non-hydrogen) atoms. The van der Waals surface area contributed by atoms with Crippen molar-refractivity contribution in [3.63, 3.8) is 0 Å². The molecular formula is C23H25N5O4. The van der Waals surface area contributed by atoms with E-state index in [1.54, 1.807) is 36.1 Å². The highest BCUT2D eigenvalue weighted by molar-refractivity contribution is 5.69. The topological polar surface area (TPSA) is 99.4 Å². The van der Waals surface area contributed by atoms with Gasteiger partial charge in [-0.2, -0.15) is 0 Å². The molecule has 1 aliphatic heterocycles. The number of aryl methyl sites for hydroxylation is 1. The summed E-state index contributed by atoms with van der Waals surface area (Å²) in [5.74, 6) is 0.697. The van der Waals surface area contributed by atoms with Crippen molar-refractivity contribution in [3.05, 3.63) is 65.0 Å². The first-order chi connectivity index (χ1) is 15.7. The number of morpholine rings is 1. The Morgan fingerprint density at radius 3 is 2.53 bits per heavy atom. The number of hydrogen-bond acceptors (Lipinski definition) is 8. The SMILES string of the molecule is CCOC(=O)CCc1cn(-c2ccc(-c3ncccn3)cc2)c(=O)c(N2CCOCC2)n1. The lowest BCUT2D eigenvalue weighted by Crippen LogP contribution is -2.41. The molecule has 0 aliphatic carbocycles. The number of hydrogen-bond donors (Lipinski definition) is 0. The molecule has 1 aromatic carbocycles. The van der Waals surface area contributed by atoms with Gasteiger partial charge >= 0.3 is 5.97 Å². The minimum Gasteiger partial charge on any atom is -0.466 e. The van der Waals surface area contributed by atoms with Crippen molar-refractivity contribution in [1.82, 2.24) is 19.5 Å². The molecule has 1 aliphatic rings. The maximum absolute atomic E-state index is 13.3. The van der Waals surface area contributed by atoms with Crippen molar-refractivity contribution in [2.75, 3.05) is 37.8 Å². The van der Waals surface area contributed by atoms with Crippen LogP contribution < -0.4 is 10.5 Å². The van der Waals surface area contributed by atoms with Crippen molar-refractivity contribution in [1.29, 1.82) is 0 Å². The first kappa shape index (κ1) is 21.6. The van der Waals surface area contributed by atoms with Gasteiger partial charge in [0, 0.05) is 49.4 Å². The molecule has 1 saturated heterocycles. The zero-order chi connectivity index (χ0) is 22.3. The highest BCUT2D eigenvalue weighted by Crippen LogP contribution is 2.18. The molecule has 9 heteroatoms. The molecule has 3 heterocycles. The van der Waals surface area contributed by atoms with Gasteiger partial charge in [-0.05, 0) is 37.3 Å². The Labute approximate surface area is 185 Å². The summed E-state index contributed by atoms with van der Waals surface area (Å²) in [6, 6.07) is 9.23. The molecule has 0 amide bonds. The minimum absolute atomic E-state index is 0.200. The zero-order valence-corrected chi connectivity index (χ0v) is 17.9. The van der Waals surface area contributed by atoms with Crippen molar-refractivity contribution >= 4 is 11.8 Å². The van der Waals surface area contributed by atoms with E-state index in [1.165, 1.54) is 0 Å². The van der Waals surface area contributed by atoms with Crippen molar-refractivity contribution < 1.29 is 14.3 Å². The molecule has 0 saturated carbocycles. The Kier molecular flexibility index (Phi) is 6.86. The van der Waals surface area contributed by atoms with Crippen LogP contribution in [-0.4, -0.2) is 58.4 Å². The Morgan fingerprint density at radius 1 is 1.12 bits per heavy atom. The standard InChI is InChI=1S/C23H25N5O4/c1-2-32-20(29)9-6-18-16-28(23(30)22(26-18)27-12-14-31-15-13-27)19-7-4-17(5-8-19)21-24-10-3-11-25-21/h3-5,7-8,10-11,16H,2,6,9,12-15H2,1H3. The molecule has 166 valence electrons. The van der Waals surface area contributed by atoms with E-state index in [1.807, 2.05) is 29.2 Å². The summed E-state index contributed by atoms with van der Waals surface area (Å²) >= 11 is 0. The summed E-state index contributed by atoms with van der Waals surface area (Å²) < 4.78 is 12.0. The van der Waals surface area contributed by atoms with E-state index < -0.39 is 0 Å². The summed E-state index contributed by atoms with van der Waals surface area (Å²) in [6.45, 7) is 4.38. The fourth-order valence-electron chi connectivity index (χ4n) is 3.50. The average Bonchev–Trinajstić information content (AvgIpc) is 2.85. The fourth-order valence-corrected chi connectivity index (χ4v) is 3.50. The van der Waals surface area contributed by atoms with Gasteiger partial charge in [0.05, 0.1) is 31.9 Å². The van der Waals surface area contributed by atoms with E-state index in [2.05, 4.69) is 15.0 Å². The maximum Gasteiger partial charge on any atom is 0.306 e. The molecule has 4 rings (SSSR count). The highest BCUT2D eigenvalue weighted by atomic mass is 16.5. The molecule has 9 nitrogen and oxygen atoms in total. The van der Waals surface area contributed by atoms with Crippen LogP contribution in [0.25, 0.3) is 17.1 Å². The number of rotatable bonds is 7. The normalized spacial score (nSPS) is 13.7. The minimum atomic E-state index is -0.285. The predicted molar refractivity (Wildman–Crippen MR) is 119 cm³/mol. The number of aromatic nitrogens is 4. The summed E-state index contributed by atoms with van der Waals surface area (Å²) in [4.78, 5) is 40.2. The Balaban J connectivity index is 1.68. The maximum atomic E-state index is 13.3. The number of carbonyl (C=O) groups is 1. The van der Waals surface area contributed by atoms with E-state index >= 15 is 0 Å². The van der Waals surface area contributed by atoms with Crippen molar-refractivity contribution in [3.8, 4) is 17.1 Å². The number of ether oxygens (including phenoxy) is 2. The first-order valence-electron chi connectivity index (χ1n) is 10.6. The monoisotopic (exact) mass is 435 g/mol. The van der Waals surface area contributed by atoms with E-state index in [9.17, 15) is 9.59 Å². The van der Waals surface area contributed by atoms with Crippen LogP contribution in [-0.2, 0) is 20.7 Å².